The Morgan fingerprint density at radius 2 is 1.71 bits per heavy atom. The van der Waals surface area contributed by atoms with E-state index in [-0.39, 0.29) is 39.4 Å². The molecule has 6 heteroatoms. The number of aryl methyl sites for hydroxylation is 1. The van der Waals surface area contributed by atoms with E-state index in [1.54, 1.807) is 12.1 Å². The summed E-state index contributed by atoms with van der Waals surface area (Å²) in [7, 11) is 0. The second kappa shape index (κ2) is 9.91. The predicted octanol–water partition coefficient (Wildman–Crippen LogP) is 5.86. The van der Waals surface area contributed by atoms with Gasteiger partial charge in [0.1, 0.15) is 5.78 Å². The van der Waals surface area contributed by atoms with Gasteiger partial charge in [0.05, 0.1) is 18.1 Å². The molecule has 0 bridgehead atoms. The first kappa shape index (κ1) is 26.0. The zero-order chi connectivity index (χ0) is 27.1. The lowest BCUT2D eigenvalue weighted by molar-refractivity contribution is -0.120. The number of carbonyl (C=O) groups excluding carboxylic acids is 2. The number of aliphatic hydroxyl groups is 1. The van der Waals surface area contributed by atoms with Crippen LogP contribution in [0.2, 0.25) is 0 Å². The number of benzene rings is 3. The zero-order valence-corrected chi connectivity index (χ0v) is 22.5. The molecule has 202 valence electrons. The molecule has 5 rings (SSSR count). The number of rotatable bonds is 8. The third kappa shape index (κ3) is 5.05. The van der Waals surface area contributed by atoms with Gasteiger partial charge in [0.15, 0.2) is 11.5 Å². The minimum absolute atomic E-state index is 0. The standard InChI is InChI=1S/C32H35NO5.2H2/c1-20-5-6-21(16-29(35)32(13-14-32)24-11-12-26-27(17-24)38-19-37-26)15-25(20)22-7-9-23(10-8-22)30(36)33-28(18-34)31(2,3)4;;/h5-12,15,17,28,34H,13-14,16,18-19H2,1-4H3,(H,33,36);2*1H/t28-;;/m0../s1. The summed E-state index contributed by atoms with van der Waals surface area (Å²) in [5.41, 5.74) is 4.95. The molecule has 0 radical (unpaired) electrons. The highest BCUT2D eigenvalue weighted by molar-refractivity contribution is 5.96. The van der Waals surface area contributed by atoms with Crippen LogP contribution in [0.1, 0.15) is 63.5 Å². The third-order valence-electron chi connectivity index (χ3n) is 7.87. The van der Waals surface area contributed by atoms with Crippen molar-refractivity contribution in [1.29, 1.82) is 0 Å². The molecular formula is C32H39NO5. The molecule has 1 aliphatic carbocycles. The highest BCUT2D eigenvalue weighted by atomic mass is 16.7. The number of amides is 1. The number of carbonyl (C=O) groups is 2. The molecule has 0 saturated heterocycles. The van der Waals surface area contributed by atoms with Crippen molar-refractivity contribution in [2.45, 2.75) is 58.4 Å². The second-order valence-electron chi connectivity index (χ2n) is 11.6. The average Bonchev–Trinajstić information content (AvgIpc) is 3.58. The Kier molecular flexibility index (Phi) is 6.78. The van der Waals surface area contributed by atoms with Crippen molar-refractivity contribution in [2.75, 3.05) is 13.4 Å². The van der Waals surface area contributed by atoms with Crippen LogP contribution in [0.4, 0.5) is 0 Å². The van der Waals surface area contributed by atoms with E-state index in [1.165, 1.54) is 0 Å². The van der Waals surface area contributed by atoms with Crippen LogP contribution in [0.3, 0.4) is 0 Å². The van der Waals surface area contributed by atoms with Crippen LogP contribution >= 0.6 is 0 Å². The first-order valence-electron chi connectivity index (χ1n) is 13.2. The van der Waals surface area contributed by atoms with Crippen molar-refractivity contribution in [3.63, 3.8) is 0 Å². The molecule has 1 aliphatic heterocycles. The van der Waals surface area contributed by atoms with Crippen molar-refractivity contribution in [3.05, 3.63) is 82.9 Å². The average molecular weight is 518 g/mol. The van der Waals surface area contributed by atoms with Crippen molar-refractivity contribution in [2.24, 2.45) is 5.41 Å². The van der Waals surface area contributed by atoms with Crippen LogP contribution < -0.4 is 14.8 Å². The molecule has 1 saturated carbocycles. The molecule has 1 atom stereocenters. The third-order valence-corrected chi connectivity index (χ3v) is 7.87. The van der Waals surface area contributed by atoms with E-state index in [0.29, 0.717) is 17.7 Å². The van der Waals surface area contributed by atoms with Crippen LogP contribution in [-0.4, -0.2) is 36.2 Å². The number of Topliss-reactive ketones (excluding diaryl/α,β-unsaturated/α-hetero) is 1. The smallest absolute Gasteiger partial charge is 0.251 e. The number of hydrogen-bond donors (Lipinski definition) is 2. The Labute approximate surface area is 227 Å². The summed E-state index contributed by atoms with van der Waals surface area (Å²) >= 11 is 0. The fourth-order valence-corrected chi connectivity index (χ4v) is 5.07. The molecule has 0 spiro atoms. The van der Waals surface area contributed by atoms with Crippen molar-refractivity contribution in [1.82, 2.24) is 5.32 Å². The lowest BCUT2D eigenvalue weighted by atomic mass is 9.86. The predicted molar refractivity (Wildman–Crippen MR) is 151 cm³/mol. The van der Waals surface area contributed by atoms with Crippen LogP contribution in [0, 0.1) is 12.3 Å². The summed E-state index contributed by atoms with van der Waals surface area (Å²) in [6.45, 7) is 8.10. The number of ether oxygens (including phenoxy) is 2. The lowest BCUT2D eigenvalue weighted by Gasteiger charge is -2.29. The first-order valence-corrected chi connectivity index (χ1v) is 13.2. The summed E-state index contributed by atoms with van der Waals surface area (Å²) in [4.78, 5) is 26.3. The molecule has 6 nitrogen and oxygen atoms in total. The van der Waals surface area contributed by atoms with E-state index in [9.17, 15) is 14.7 Å². The molecule has 3 aromatic rings. The molecule has 1 heterocycles. The maximum Gasteiger partial charge on any atom is 0.251 e. The van der Waals surface area contributed by atoms with Gasteiger partial charge in [-0.1, -0.05) is 57.2 Å². The normalized spacial score (nSPS) is 16.1. The largest absolute Gasteiger partial charge is 0.454 e. The summed E-state index contributed by atoms with van der Waals surface area (Å²) < 4.78 is 11.0. The van der Waals surface area contributed by atoms with Crippen LogP contribution in [0.5, 0.6) is 11.5 Å². The van der Waals surface area contributed by atoms with Crippen molar-refractivity contribution in [3.8, 4) is 22.6 Å². The maximum atomic E-state index is 13.5. The lowest BCUT2D eigenvalue weighted by Crippen LogP contribution is -2.46. The highest BCUT2D eigenvalue weighted by Gasteiger charge is 2.50. The van der Waals surface area contributed by atoms with Crippen molar-refractivity contribution < 1.29 is 27.0 Å². The van der Waals surface area contributed by atoms with Gasteiger partial charge < -0.3 is 19.9 Å². The van der Waals surface area contributed by atoms with E-state index in [1.807, 2.05) is 70.2 Å². The molecule has 38 heavy (non-hydrogen) atoms. The van der Waals surface area contributed by atoms with Gasteiger partial charge in [-0.05, 0) is 77.3 Å². The van der Waals surface area contributed by atoms with E-state index in [4.69, 9.17) is 9.47 Å². The fourth-order valence-electron chi connectivity index (χ4n) is 5.07. The molecule has 3 aromatic carbocycles. The van der Waals surface area contributed by atoms with Crippen molar-refractivity contribution >= 4 is 11.7 Å². The number of ketones is 1. The van der Waals surface area contributed by atoms with Gasteiger partial charge in [0, 0.05) is 14.8 Å². The van der Waals surface area contributed by atoms with Gasteiger partial charge in [-0.3, -0.25) is 9.59 Å². The highest BCUT2D eigenvalue weighted by Crippen LogP contribution is 2.51. The summed E-state index contributed by atoms with van der Waals surface area (Å²) in [6.07, 6.45) is 2.05. The van der Waals surface area contributed by atoms with Gasteiger partial charge >= 0.3 is 0 Å². The Balaban J connectivity index is 0.00000220. The number of nitrogens with one attached hydrogen (secondary N) is 1. The second-order valence-corrected chi connectivity index (χ2v) is 11.6. The number of fused-ring (bicyclic) bond motifs is 1. The van der Waals surface area contributed by atoms with Gasteiger partial charge in [0.2, 0.25) is 6.79 Å². The molecule has 2 aliphatic rings. The van der Waals surface area contributed by atoms with Crippen LogP contribution in [0.15, 0.2) is 60.7 Å². The molecule has 0 aromatic heterocycles. The Morgan fingerprint density at radius 3 is 2.37 bits per heavy atom. The topological polar surface area (TPSA) is 84.9 Å². The van der Waals surface area contributed by atoms with E-state index < -0.39 is 5.41 Å². The minimum Gasteiger partial charge on any atom is -0.454 e. The van der Waals surface area contributed by atoms with Crippen LogP contribution in [-0.2, 0) is 16.6 Å². The fraction of sp³-hybridized carbons (Fsp3) is 0.375. The Morgan fingerprint density at radius 1 is 1.00 bits per heavy atom. The zero-order valence-electron chi connectivity index (χ0n) is 22.5. The minimum atomic E-state index is -0.444. The van der Waals surface area contributed by atoms with Gasteiger partial charge in [0.25, 0.3) is 5.91 Å². The summed E-state index contributed by atoms with van der Waals surface area (Å²) in [5, 5.41) is 12.6. The molecule has 0 unspecified atom stereocenters. The monoisotopic (exact) mass is 517 g/mol. The molecule has 1 amide bonds. The van der Waals surface area contributed by atoms with Gasteiger partial charge in [-0.2, -0.15) is 0 Å². The molecular weight excluding hydrogens is 478 g/mol. The van der Waals surface area contributed by atoms with Gasteiger partial charge in [-0.25, -0.2) is 0 Å². The number of aliphatic hydroxyl groups excluding tert-OH is 1. The van der Waals surface area contributed by atoms with Crippen LogP contribution in [0.25, 0.3) is 11.1 Å². The van der Waals surface area contributed by atoms with Gasteiger partial charge in [-0.15, -0.1) is 0 Å². The summed E-state index contributed by atoms with van der Waals surface area (Å²) in [6, 6.07) is 19.1. The van der Waals surface area contributed by atoms with E-state index in [2.05, 4.69) is 11.4 Å². The molecule has 2 N–H and O–H groups in total. The quantitative estimate of drug-likeness (QED) is 0.391. The first-order chi connectivity index (χ1) is 18.1. The summed E-state index contributed by atoms with van der Waals surface area (Å²) in [5.74, 6) is 1.45. The maximum absolute atomic E-state index is 13.5. The molecule has 1 fully saturated rings. The Bertz CT molecular complexity index is 1380. The van der Waals surface area contributed by atoms with E-state index in [0.717, 1.165) is 46.4 Å². The Hall–Kier alpha value is -3.64. The number of hydrogen-bond acceptors (Lipinski definition) is 5. The SMILES string of the molecule is Cc1ccc(CC(=O)C2(c3ccc4c(c3)OCO4)CC2)cc1-c1ccc(C(=O)N[C@@H](CO)C(C)(C)C)cc1.[HH].[HH]. The van der Waals surface area contributed by atoms with E-state index >= 15 is 0 Å².